The number of likely N-dealkylation sites (N-methyl/N-ethyl adjacent to an activating group) is 1. The summed E-state index contributed by atoms with van der Waals surface area (Å²) in [7, 11) is 1.97. The van der Waals surface area contributed by atoms with Crippen LogP contribution in [0.3, 0.4) is 0 Å². The fourth-order valence-electron chi connectivity index (χ4n) is 1.47. The van der Waals surface area contributed by atoms with Crippen molar-refractivity contribution >= 4 is 12.0 Å². The first-order chi connectivity index (χ1) is 8.92. The van der Waals surface area contributed by atoms with Crippen LogP contribution in [-0.2, 0) is 4.79 Å². The van der Waals surface area contributed by atoms with E-state index in [0.29, 0.717) is 19.1 Å². The number of nitrogens with zero attached hydrogens (tertiary/aromatic N) is 1. The number of hydrogen-bond donors (Lipinski definition) is 4. The summed E-state index contributed by atoms with van der Waals surface area (Å²) in [5, 5.41) is 22.4. The first kappa shape index (κ1) is 17.7. The molecular weight excluding hydrogens is 250 g/mol. The van der Waals surface area contributed by atoms with E-state index in [1.807, 2.05) is 7.05 Å². The molecule has 0 rings (SSSR count). The molecule has 0 aliphatic heterocycles. The van der Waals surface area contributed by atoms with Crippen molar-refractivity contribution in [2.75, 3.05) is 26.7 Å². The summed E-state index contributed by atoms with van der Waals surface area (Å²) in [5.74, 6) is -1.15. The minimum atomic E-state index is -1.15. The number of nitrogens with one attached hydrogen (secondary N) is 2. The van der Waals surface area contributed by atoms with Gasteiger partial charge in [0.2, 0.25) is 0 Å². The number of aliphatic hydroxyl groups is 1. The van der Waals surface area contributed by atoms with E-state index < -0.39 is 18.0 Å². The summed E-state index contributed by atoms with van der Waals surface area (Å²) in [6, 6.07) is -1.15. The molecule has 0 spiro atoms. The quantitative estimate of drug-likeness (QED) is 0.469. The minimum absolute atomic E-state index is 0.00444. The van der Waals surface area contributed by atoms with Gasteiger partial charge in [-0.3, -0.25) is 0 Å². The zero-order chi connectivity index (χ0) is 14.8. The molecule has 0 aromatic rings. The molecule has 0 aromatic heterocycles. The molecule has 0 saturated heterocycles. The van der Waals surface area contributed by atoms with Gasteiger partial charge in [-0.2, -0.15) is 0 Å². The predicted octanol–water partition coefficient (Wildman–Crippen LogP) is -0.148. The average molecular weight is 275 g/mol. The Labute approximate surface area is 114 Å². The van der Waals surface area contributed by atoms with Gasteiger partial charge in [-0.25, -0.2) is 9.59 Å². The van der Waals surface area contributed by atoms with Crippen LogP contribution >= 0.6 is 0 Å². The number of aliphatic hydroxyl groups excluding tert-OH is 1. The van der Waals surface area contributed by atoms with E-state index in [4.69, 9.17) is 10.2 Å². The Balaban J connectivity index is 3.94. The van der Waals surface area contributed by atoms with Crippen LogP contribution in [0.2, 0.25) is 0 Å². The first-order valence-corrected chi connectivity index (χ1v) is 6.50. The minimum Gasteiger partial charge on any atom is -0.480 e. The monoisotopic (exact) mass is 275 g/mol. The number of hydrogen-bond acceptors (Lipinski definition) is 4. The van der Waals surface area contributed by atoms with Crippen LogP contribution in [0.4, 0.5) is 4.79 Å². The number of carboxylic acid groups (broad SMARTS) is 1. The predicted molar refractivity (Wildman–Crippen MR) is 72.0 cm³/mol. The summed E-state index contributed by atoms with van der Waals surface area (Å²) >= 11 is 0. The van der Waals surface area contributed by atoms with E-state index in [0.717, 1.165) is 6.42 Å². The maximum Gasteiger partial charge on any atom is 0.326 e. The van der Waals surface area contributed by atoms with Crippen molar-refractivity contribution in [1.82, 2.24) is 15.5 Å². The Kier molecular flexibility index (Phi) is 8.90. The van der Waals surface area contributed by atoms with Crippen molar-refractivity contribution in [1.29, 1.82) is 0 Å². The molecule has 0 aliphatic rings. The molecule has 2 amide bonds. The van der Waals surface area contributed by atoms with E-state index >= 15 is 0 Å². The topological polar surface area (TPSA) is 102 Å². The van der Waals surface area contributed by atoms with Gasteiger partial charge in [-0.15, -0.1) is 0 Å². The summed E-state index contributed by atoms with van der Waals surface area (Å²) in [6.07, 6.45) is 1.02. The Morgan fingerprint density at radius 1 is 1.37 bits per heavy atom. The number of carbonyl (C=O) groups is 2. The van der Waals surface area contributed by atoms with Gasteiger partial charge >= 0.3 is 12.0 Å². The Bertz CT molecular complexity index is 286. The molecule has 0 bridgehead atoms. The lowest BCUT2D eigenvalue weighted by molar-refractivity contribution is -0.139. The van der Waals surface area contributed by atoms with Crippen molar-refractivity contribution < 1.29 is 19.8 Å². The van der Waals surface area contributed by atoms with Gasteiger partial charge in [0.25, 0.3) is 0 Å². The molecule has 0 radical (unpaired) electrons. The maximum atomic E-state index is 11.5. The summed E-state index contributed by atoms with van der Waals surface area (Å²) in [5.41, 5.74) is 0. The fourth-order valence-corrected chi connectivity index (χ4v) is 1.47. The van der Waals surface area contributed by atoms with Crippen molar-refractivity contribution in [3.8, 4) is 0 Å². The smallest absolute Gasteiger partial charge is 0.326 e. The maximum absolute atomic E-state index is 11.5. The molecule has 19 heavy (non-hydrogen) atoms. The van der Waals surface area contributed by atoms with Gasteiger partial charge in [0.15, 0.2) is 0 Å². The van der Waals surface area contributed by atoms with E-state index in [2.05, 4.69) is 29.4 Å². The zero-order valence-electron chi connectivity index (χ0n) is 11.8. The normalized spacial score (nSPS) is 13.9. The lowest BCUT2D eigenvalue weighted by Crippen LogP contribution is -2.48. The molecule has 0 aromatic carbocycles. The number of amides is 2. The van der Waals surface area contributed by atoms with Gasteiger partial charge in [-0.1, -0.05) is 6.92 Å². The highest BCUT2D eigenvalue weighted by Gasteiger charge is 2.18. The number of carboxylic acids is 1. The van der Waals surface area contributed by atoms with Gasteiger partial charge in [0, 0.05) is 32.2 Å². The van der Waals surface area contributed by atoms with Crippen molar-refractivity contribution in [3.05, 3.63) is 0 Å². The number of urea groups is 1. The summed E-state index contributed by atoms with van der Waals surface area (Å²) < 4.78 is 0. The van der Waals surface area contributed by atoms with E-state index in [9.17, 15) is 9.59 Å². The molecular formula is C12H25N3O4. The number of rotatable bonds is 9. The average Bonchev–Trinajstić information content (AvgIpc) is 2.36. The molecule has 0 heterocycles. The highest BCUT2D eigenvalue weighted by molar-refractivity contribution is 5.82. The Morgan fingerprint density at radius 2 is 2.00 bits per heavy atom. The summed E-state index contributed by atoms with van der Waals surface area (Å²) in [6.45, 7) is 5.04. The van der Waals surface area contributed by atoms with Crippen LogP contribution in [0.15, 0.2) is 0 Å². The van der Waals surface area contributed by atoms with Crippen LogP contribution in [0.5, 0.6) is 0 Å². The van der Waals surface area contributed by atoms with Gasteiger partial charge in [0.1, 0.15) is 6.04 Å². The van der Waals surface area contributed by atoms with Crippen molar-refractivity contribution in [3.63, 3.8) is 0 Å². The molecule has 112 valence electrons. The number of aliphatic carboxylic acids is 1. The Morgan fingerprint density at radius 3 is 2.47 bits per heavy atom. The molecule has 1 unspecified atom stereocenters. The Hall–Kier alpha value is -1.34. The molecule has 7 heteroatoms. The second-order valence-electron chi connectivity index (χ2n) is 4.54. The second-order valence-corrected chi connectivity index (χ2v) is 4.54. The van der Waals surface area contributed by atoms with Crippen LogP contribution < -0.4 is 10.6 Å². The van der Waals surface area contributed by atoms with Gasteiger partial charge in [-0.05, 0) is 20.4 Å². The largest absolute Gasteiger partial charge is 0.480 e. The van der Waals surface area contributed by atoms with Crippen molar-refractivity contribution in [2.24, 2.45) is 0 Å². The third kappa shape index (κ3) is 7.63. The second kappa shape index (κ2) is 9.57. The lowest BCUT2D eigenvalue weighted by atomic mass is 10.2. The molecule has 0 fully saturated rings. The third-order valence-corrected chi connectivity index (χ3v) is 3.11. The van der Waals surface area contributed by atoms with Crippen LogP contribution in [0, 0.1) is 0 Å². The third-order valence-electron chi connectivity index (χ3n) is 3.11. The molecule has 4 N–H and O–H groups in total. The molecule has 0 aliphatic carbocycles. The van der Waals surface area contributed by atoms with E-state index in [1.165, 1.54) is 0 Å². The first-order valence-electron chi connectivity index (χ1n) is 6.50. The molecule has 7 nitrogen and oxygen atoms in total. The molecule has 2 atom stereocenters. The van der Waals surface area contributed by atoms with E-state index in [-0.39, 0.29) is 13.0 Å². The molecule has 0 saturated carbocycles. The van der Waals surface area contributed by atoms with Gasteiger partial charge in [0.05, 0.1) is 0 Å². The standard InChI is InChI=1S/C12H25N3O4/c1-4-9(2)15(3)7-6-13-12(19)14-10(5-8-16)11(17)18/h9-10,16H,4-8H2,1-3H3,(H,17,18)(H2,13,14,19)/t9?,10-/m1/s1. The van der Waals surface area contributed by atoms with Crippen LogP contribution in [-0.4, -0.2) is 65.9 Å². The zero-order valence-corrected chi connectivity index (χ0v) is 11.8. The van der Waals surface area contributed by atoms with E-state index in [1.54, 1.807) is 0 Å². The fraction of sp³-hybridized carbons (Fsp3) is 0.833. The highest BCUT2D eigenvalue weighted by atomic mass is 16.4. The number of carbonyl (C=O) groups excluding carboxylic acids is 1. The lowest BCUT2D eigenvalue weighted by Gasteiger charge is -2.23. The van der Waals surface area contributed by atoms with Crippen LogP contribution in [0.1, 0.15) is 26.7 Å². The van der Waals surface area contributed by atoms with Crippen molar-refractivity contribution in [2.45, 2.75) is 38.8 Å². The highest BCUT2D eigenvalue weighted by Crippen LogP contribution is 1.98. The SMILES string of the molecule is CCC(C)N(C)CCNC(=O)N[C@H](CCO)C(=O)O. The van der Waals surface area contributed by atoms with Gasteiger partial charge < -0.3 is 25.7 Å². The summed E-state index contributed by atoms with van der Waals surface area (Å²) in [4.78, 5) is 24.4. The van der Waals surface area contributed by atoms with Crippen LogP contribution in [0.25, 0.3) is 0 Å².